The molecule has 0 amide bonds. The second-order valence-corrected chi connectivity index (χ2v) is 7.46. The minimum absolute atomic E-state index is 0.0231. The van der Waals surface area contributed by atoms with Crippen molar-refractivity contribution in [3.05, 3.63) is 119 Å². The molecule has 168 valence electrons. The molecule has 0 N–H and O–H groups in total. The first-order valence-electron chi connectivity index (χ1n) is 10.3. The van der Waals surface area contributed by atoms with Crippen molar-refractivity contribution in [2.24, 2.45) is 0 Å². The number of hydrogen-bond acceptors (Lipinski definition) is 6. The van der Waals surface area contributed by atoms with Crippen LogP contribution in [-0.4, -0.2) is 24.5 Å². The summed E-state index contributed by atoms with van der Waals surface area (Å²) in [5.74, 6) is -2.04. The molecule has 0 radical (unpaired) electrons. The van der Waals surface area contributed by atoms with E-state index in [4.69, 9.17) is 14.2 Å². The van der Waals surface area contributed by atoms with E-state index in [0.717, 1.165) is 11.1 Å². The predicted molar refractivity (Wildman–Crippen MR) is 123 cm³/mol. The largest absolute Gasteiger partial charge is 0.458 e. The van der Waals surface area contributed by atoms with Crippen molar-refractivity contribution >= 4 is 17.9 Å². The van der Waals surface area contributed by atoms with Gasteiger partial charge in [0.1, 0.15) is 19.8 Å². The van der Waals surface area contributed by atoms with Gasteiger partial charge >= 0.3 is 17.9 Å². The lowest BCUT2D eigenvalue weighted by molar-refractivity contribution is 0.0470. The van der Waals surface area contributed by atoms with Gasteiger partial charge in [-0.25, -0.2) is 14.4 Å². The molecule has 3 aromatic rings. The maximum Gasteiger partial charge on any atom is 0.338 e. The van der Waals surface area contributed by atoms with Gasteiger partial charge in [-0.2, -0.15) is 0 Å². The van der Waals surface area contributed by atoms with Gasteiger partial charge in [0, 0.05) is 0 Å². The van der Waals surface area contributed by atoms with E-state index >= 15 is 0 Å². The van der Waals surface area contributed by atoms with E-state index in [1.807, 2.05) is 60.7 Å². The quantitative estimate of drug-likeness (QED) is 0.259. The molecule has 6 nitrogen and oxygen atoms in total. The zero-order chi connectivity index (χ0) is 23.6. The standard InChI is InChI=1S/C27H24O6/c1-19(2)16-31-25(28)22-13-23(26(29)32-17-20-9-5-3-6-10-20)15-24(14-22)27(30)33-18-21-11-7-4-8-12-21/h3-15H,1,16-18H2,2H3. The smallest absolute Gasteiger partial charge is 0.338 e. The van der Waals surface area contributed by atoms with Gasteiger partial charge in [0.2, 0.25) is 0 Å². The van der Waals surface area contributed by atoms with E-state index in [2.05, 4.69) is 6.58 Å². The molecule has 0 aromatic heterocycles. The molecule has 0 bridgehead atoms. The van der Waals surface area contributed by atoms with Crippen LogP contribution in [-0.2, 0) is 27.4 Å². The molecule has 0 saturated carbocycles. The Labute approximate surface area is 192 Å². The molecule has 0 aliphatic rings. The van der Waals surface area contributed by atoms with Crippen LogP contribution in [0.3, 0.4) is 0 Å². The van der Waals surface area contributed by atoms with Crippen LogP contribution in [0.25, 0.3) is 0 Å². The van der Waals surface area contributed by atoms with Crippen molar-refractivity contribution in [3.8, 4) is 0 Å². The molecule has 6 heteroatoms. The number of carbonyl (C=O) groups excluding carboxylic acids is 3. The van der Waals surface area contributed by atoms with Crippen molar-refractivity contribution in [3.63, 3.8) is 0 Å². The third-order valence-electron chi connectivity index (χ3n) is 4.52. The minimum atomic E-state index is -0.687. The molecule has 0 unspecified atom stereocenters. The van der Waals surface area contributed by atoms with E-state index in [1.165, 1.54) is 18.2 Å². The maximum atomic E-state index is 12.7. The van der Waals surface area contributed by atoms with Crippen molar-refractivity contribution in [2.75, 3.05) is 6.61 Å². The van der Waals surface area contributed by atoms with Crippen molar-refractivity contribution in [1.29, 1.82) is 0 Å². The van der Waals surface area contributed by atoms with E-state index in [9.17, 15) is 14.4 Å². The van der Waals surface area contributed by atoms with Crippen LogP contribution in [0.1, 0.15) is 49.1 Å². The fraction of sp³-hybridized carbons (Fsp3) is 0.148. The fourth-order valence-corrected chi connectivity index (χ4v) is 2.87. The van der Waals surface area contributed by atoms with Gasteiger partial charge in [-0.3, -0.25) is 0 Å². The number of ether oxygens (including phenoxy) is 3. The van der Waals surface area contributed by atoms with Gasteiger partial charge in [-0.05, 0) is 41.8 Å². The van der Waals surface area contributed by atoms with E-state index < -0.39 is 17.9 Å². The summed E-state index contributed by atoms with van der Waals surface area (Å²) in [6, 6.07) is 22.4. The Hall–Kier alpha value is -4.19. The lowest BCUT2D eigenvalue weighted by Gasteiger charge is -2.11. The van der Waals surface area contributed by atoms with Crippen LogP contribution in [0.15, 0.2) is 91.0 Å². The second kappa shape index (κ2) is 11.4. The summed E-state index contributed by atoms with van der Waals surface area (Å²) in [4.78, 5) is 37.8. The Morgan fingerprint density at radius 2 is 1.00 bits per heavy atom. The molecule has 0 aliphatic carbocycles. The zero-order valence-corrected chi connectivity index (χ0v) is 18.3. The average Bonchev–Trinajstić information content (AvgIpc) is 2.85. The molecule has 0 aliphatic heterocycles. The fourth-order valence-electron chi connectivity index (χ4n) is 2.87. The number of carbonyl (C=O) groups is 3. The second-order valence-electron chi connectivity index (χ2n) is 7.46. The number of esters is 3. The van der Waals surface area contributed by atoms with Crippen LogP contribution >= 0.6 is 0 Å². The van der Waals surface area contributed by atoms with Gasteiger partial charge in [0.05, 0.1) is 16.7 Å². The minimum Gasteiger partial charge on any atom is -0.458 e. The summed E-state index contributed by atoms with van der Waals surface area (Å²) in [7, 11) is 0. The Balaban J connectivity index is 1.80. The maximum absolute atomic E-state index is 12.7. The molecule has 0 heterocycles. The van der Waals surface area contributed by atoms with Gasteiger partial charge in [-0.1, -0.05) is 67.2 Å². The van der Waals surface area contributed by atoms with E-state index in [1.54, 1.807) is 6.92 Å². The third kappa shape index (κ3) is 7.18. The summed E-state index contributed by atoms with van der Waals surface area (Å²) < 4.78 is 15.9. The predicted octanol–water partition coefficient (Wildman–Crippen LogP) is 5.13. The summed E-state index contributed by atoms with van der Waals surface area (Å²) in [6.45, 7) is 5.54. The Morgan fingerprint density at radius 3 is 1.36 bits per heavy atom. The van der Waals surface area contributed by atoms with Crippen molar-refractivity contribution in [2.45, 2.75) is 20.1 Å². The summed E-state index contributed by atoms with van der Waals surface area (Å²) >= 11 is 0. The SMILES string of the molecule is C=C(C)COC(=O)c1cc(C(=O)OCc2ccccc2)cc(C(=O)OCc2ccccc2)c1. The Morgan fingerprint density at radius 1 is 0.636 bits per heavy atom. The normalized spacial score (nSPS) is 10.2. The first-order valence-corrected chi connectivity index (χ1v) is 10.3. The highest BCUT2D eigenvalue weighted by Crippen LogP contribution is 2.16. The summed E-state index contributed by atoms with van der Waals surface area (Å²) in [5.41, 5.74) is 2.40. The number of rotatable bonds is 9. The first kappa shape index (κ1) is 23.5. The molecule has 3 aromatic carbocycles. The Bertz CT molecular complexity index is 1060. The molecule has 0 atom stereocenters. The van der Waals surface area contributed by atoms with Crippen molar-refractivity contribution in [1.82, 2.24) is 0 Å². The Kier molecular flexibility index (Phi) is 8.13. The third-order valence-corrected chi connectivity index (χ3v) is 4.52. The molecular formula is C27H24O6. The van der Waals surface area contributed by atoms with Crippen LogP contribution in [0.5, 0.6) is 0 Å². The van der Waals surface area contributed by atoms with Gasteiger partial charge in [-0.15, -0.1) is 0 Å². The highest BCUT2D eigenvalue weighted by Gasteiger charge is 2.19. The zero-order valence-electron chi connectivity index (χ0n) is 18.3. The topological polar surface area (TPSA) is 78.9 Å². The summed E-state index contributed by atoms with van der Waals surface area (Å²) in [5, 5.41) is 0. The highest BCUT2D eigenvalue weighted by molar-refractivity contribution is 6.00. The van der Waals surface area contributed by atoms with Gasteiger partial charge < -0.3 is 14.2 Å². The van der Waals surface area contributed by atoms with Gasteiger partial charge in [0.25, 0.3) is 0 Å². The molecule has 0 fully saturated rings. The van der Waals surface area contributed by atoms with E-state index in [0.29, 0.717) is 5.57 Å². The van der Waals surface area contributed by atoms with Crippen LogP contribution in [0.2, 0.25) is 0 Å². The van der Waals surface area contributed by atoms with Crippen LogP contribution in [0, 0.1) is 0 Å². The van der Waals surface area contributed by atoms with Crippen LogP contribution < -0.4 is 0 Å². The first-order chi connectivity index (χ1) is 15.9. The lowest BCUT2D eigenvalue weighted by atomic mass is 10.1. The molecular weight excluding hydrogens is 420 g/mol. The monoisotopic (exact) mass is 444 g/mol. The van der Waals surface area contributed by atoms with Crippen LogP contribution in [0.4, 0.5) is 0 Å². The number of hydrogen-bond donors (Lipinski definition) is 0. The van der Waals surface area contributed by atoms with E-state index in [-0.39, 0.29) is 36.5 Å². The lowest BCUT2D eigenvalue weighted by Crippen LogP contribution is -2.14. The molecule has 0 saturated heterocycles. The van der Waals surface area contributed by atoms with Crippen molar-refractivity contribution < 1.29 is 28.6 Å². The summed E-state index contributed by atoms with van der Waals surface area (Å²) in [6.07, 6.45) is 0. The molecule has 3 rings (SSSR count). The molecule has 33 heavy (non-hydrogen) atoms. The average molecular weight is 444 g/mol. The van der Waals surface area contributed by atoms with Gasteiger partial charge in [0.15, 0.2) is 0 Å². The number of benzene rings is 3. The highest BCUT2D eigenvalue weighted by atomic mass is 16.5. The molecule has 0 spiro atoms.